The summed E-state index contributed by atoms with van der Waals surface area (Å²) in [6.45, 7) is 1.72. The van der Waals surface area contributed by atoms with E-state index in [9.17, 15) is 4.39 Å². The summed E-state index contributed by atoms with van der Waals surface area (Å²) in [5, 5.41) is 18.9. The summed E-state index contributed by atoms with van der Waals surface area (Å²) < 4.78 is 13.4. The van der Waals surface area contributed by atoms with Crippen molar-refractivity contribution in [3.05, 3.63) is 59.9 Å². The first-order valence-electron chi connectivity index (χ1n) is 5.74. The highest BCUT2D eigenvalue weighted by Gasteiger charge is 2.02. The predicted molar refractivity (Wildman–Crippen MR) is 77.3 cm³/mol. The van der Waals surface area contributed by atoms with Gasteiger partial charge in [-0.25, -0.2) is 4.39 Å². The van der Waals surface area contributed by atoms with Gasteiger partial charge in [0.05, 0.1) is 6.61 Å². The number of anilines is 2. The van der Waals surface area contributed by atoms with Gasteiger partial charge >= 0.3 is 0 Å². The maximum atomic E-state index is 13.4. The number of benzene rings is 2. The highest BCUT2D eigenvalue weighted by Crippen LogP contribution is 2.19. The van der Waals surface area contributed by atoms with E-state index in [1.54, 1.807) is 12.1 Å². The van der Waals surface area contributed by atoms with Crippen molar-refractivity contribution in [3.63, 3.8) is 0 Å². The fourth-order valence-electron chi connectivity index (χ4n) is 1.44. The lowest BCUT2D eigenvalue weighted by molar-refractivity contribution is -0.0979. The van der Waals surface area contributed by atoms with Crippen LogP contribution in [0.3, 0.4) is 0 Å². The smallest absolute Gasteiger partial charge is 0.130 e. The average molecular weight is 279 g/mol. The molecule has 0 aliphatic heterocycles. The van der Waals surface area contributed by atoms with E-state index in [0.29, 0.717) is 11.3 Å². The molecule has 0 aliphatic rings. The molecule has 0 spiro atoms. The fourth-order valence-corrected chi connectivity index (χ4v) is 1.44. The molecule has 3 N–H and O–H groups in total. The number of aliphatic hydroxyl groups excluding tert-OH is 2. The lowest BCUT2D eigenvalue weighted by atomic mass is 10.2. The van der Waals surface area contributed by atoms with Gasteiger partial charge in [-0.3, -0.25) is 0 Å². The van der Waals surface area contributed by atoms with Gasteiger partial charge in [-0.05, 0) is 24.3 Å². The van der Waals surface area contributed by atoms with Crippen LogP contribution in [0.1, 0.15) is 5.56 Å². The van der Waals surface area contributed by atoms with E-state index in [2.05, 4.69) is 5.32 Å². The van der Waals surface area contributed by atoms with E-state index >= 15 is 0 Å². The molecular formula is C15H18FNO3. The molecule has 0 unspecified atom stereocenters. The van der Waals surface area contributed by atoms with Gasteiger partial charge in [-0.2, -0.15) is 0 Å². The Balaban J connectivity index is 0.000000829. The van der Waals surface area contributed by atoms with Crippen molar-refractivity contribution < 1.29 is 19.4 Å². The van der Waals surface area contributed by atoms with Gasteiger partial charge in [0.15, 0.2) is 0 Å². The van der Waals surface area contributed by atoms with Crippen LogP contribution >= 0.6 is 0 Å². The molecule has 0 bridgehead atoms. The van der Waals surface area contributed by atoms with Crippen LogP contribution in [0.5, 0.6) is 0 Å². The van der Waals surface area contributed by atoms with E-state index in [1.165, 1.54) is 6.07 Å². The van der Waals surface area contributed by atoms with Gasteiger partial charge in [0, 0.05) is 24.0 Å². The lowest BCUT2D eigenvalue weighted by Gasteiger charge is -2.07. The first-order chi connectivity index (χ1) is 9.79. The average Bonchev–Trinajstić information content (AvgIpc) is 2.52. The summed E-state index contributed by atoms with van der Waals surface area (Å²) in [6, 6.07) is 14.2. The van der Waals surface area contributed by atoms with Gasteiger partial charge in [-0.1, -0.05) is 24.3 Å². The first kappa shape index (κ1) is 17.8. The van der Waals surface area contributed by atoms with E-state index < -0.39 is 5.82 Å². The van der Waals surface area contributed by atoms with Crippen LogP contribution in [0.15, 0.2) is 48.5 Å². The molecule has 0 atom stereocenters. The SMILES string of the molecule is C=O.CO.OCc1ccc(Nc2ccccc2)cc1F. The topological polar surface area (TPSA) is 69.6 Å². The molecule has 0 radical (unpaired) electrons. The molecule has 108 valence electrons. The Kier molecular flexibility index (Phi) is 9.47. The van der Waals surface area contributed by atoms with Crippen molar-refractivity contribution >= 4 is 18.2 Å². The third-order valence-electron chi connectivity index (χ3n) is 2.29. The van der Waals surface area contributed by atoms with Crippen LogP contribution in [-0.4, -0.2) is 24.1 Å². The molecule has 20 heavy (non-hydrogen) atoms. The molecule has 0 aliphatic carbocycles. The molecule has 0 heterocycles. The van der Waals surface area contributed by atoms with Crippen molar-refractivity contribution in [2.75, 3.05) is 12.4 Å². The second-order valence-electron chi connectivity index (χ2n) is 3.46. The molecule has 2 rings (SSSR count). The molecule has 2 aromatic carbocycles. The Morgan fingerprint density at radius 3 is 2.15 bits per heavy atom. The van der Waals surface area contributed by atoms with Gasteiger partial charge in [0.2, 0.25) is 0 Å². The lowest BCUT2D eigenvalue weighted by Crippen LogP contribution is -1.94. The van der Waals surface area contributed by atoms with Crippen LogP contribution in [0.2, 0.25) is 0 Å². The Morgan fingerprint density at radius 2 is 1.65 bits per heavy atom. The molecule has 0 saturated carbocycles. The number of rotatable bonds is 3. The van der Waals surface area contributed by atoms with Gasteiger partial charge in [-0.15, -0.1) is 0 Å². The predicted octanol–water partition coefficient (Wildman–Crippen LogP) is 2.49. The van der Waals surface area contributed by atoms with E-state index in [4.69, 9.17) is 15.0 Å². The summed E-state index contributed by atoms with van der Waals surface area (Å²) in [7, 11) is 1.00. The van der Waals surface area contributed by atoms with E-state index in [0.717, 1.165) is 12.8 Å². The number of hydrogen-bond acceptors (Lipinski definition) is 4. The largest absolute Gasteiger partial charge is 0.400 e. The molecule has 2 aromatic rings. The van der Waals surface area contributed by atoms with E-state index in [1.807, 2.05) is 37.1 Å². The van der Waals surface area contributed by atoms with Crippen molar-refractivity contribution in [1.29, 1.82) is 0 Å². The number of nitrogens with one attached hydrogen (secondary N) is 1. The van der Waals surface area contributed by atoms with Crippen molar-refractivity contribution in [2.24, 2.45) is 0 Å². The van der Waals surface area contributed by atoms with Crippen LogP contribution < -0.4 is 5.32 Å². The third-order valence-corrected chi connectivity index (χ3v) is 2.29. The number of aliphatic hydroxyl groups is 2. The summed E-state index contributed by atoms with van der Waals surface area (Å²) in [5.74, 6) is -0.400. The molecule has 0 amide bonds. The molecular weight excluding hydrogens is 261 g/mol. The maximum Gasteiger partial charge on any atom is 0.130 e. The molecule has 4 nitrogen and oxygen atoms in total. The summed E-state index contributed by atoms with van der Waals surface area (Å²) >= 11 is 0. The van der Waals surface area contributed by atoms with Gasteiger partial charge < -0.3 is 20.3 Å². The second-order valence-corrected chi connectivity index (χ2v) is 3.46. The number of carbonyl (C=O) groups excluding carboxylic acids is 1. The first-order valence-corrected chi connectivity index (χ1v) is 5.74. The zero-order chi connectivity index (χ0) is 15.4. The zero-order valence-corrected chi connectivity index (χ0v) is 11.2. The van der Waals surface area contributed by atoms with Crippen molar-refractivity contribution in [1.82, 2.24) is 0 Å². The monoisotopic (exact) mass is 279 g/mol. The summed E-state index contributed by atoms with van der Waals surface area (Å²) in [6.07, 6.45) is 0. The van der Waals surface area contributed by atoms with Gasteiger partial charge in [0.1, 0.15) is 12.6 Å². The summed E-state index contributed by atoms with van der Waals surface area (Å²) in [4.78, 5) is 8.00. The van der Waals surface area contributed by atoms with Crippen LogP contribution in [0.4, 0.5) is 15.8 Å². The van der Waals surface area contributed by atoms with Crippen molar-refractivity contribution in [3.8, 4) is 0 Å². The van der Waals surface area contributed by atoms with Crippen LogP contribution in [0.25, 0.3) is 0 Å². The van der Waals surface area contributed by atoms with Gasteiger partial charge in [0.25, 0.3) is 0 Å². The minimum atomic E-state index is -0.400. The Morgan fingerprint density at radius 1 is 1.05 bits per heavy atom. The number of carbonyl (C=O) groups is 1. The Bertz CT molecular complexity index is 492. The molecule has 0 fully saturated rings. The molecule has 5 heteroatoms. The fraction of sp³-hybridized carbons (Fsp3) is 0.133. The second kappa shape index (κ2) is 10.7. The van der Waals surface area contributed by atoms with Crippen LogP contribution in [0, 0.1) is 5.82 Å². The normalized spacial score (nSPS) is 8.60. The van der Waals surface area contributed by atoms with E-state index in [-0.39, 0.29) is 6.61 Å². The highest BCUT2D eigenvalue weighted by atomic mass is 19.1. The summed E-state index contributed by atoms with van der Waals surface area (Å²) in [5.41, 5.74) is 1.87. The molecule has 0 saturated heterocycles. The van der Waals surface area contributed by atoms with Crippen molar-refractivity contribution in [2.45, 2.75) is 6.61 Å². The minimum absolute atomic E-state index is 0.280. The molecule has 0 aromatic heterocycles. The third kappa shape index (κ3) is 5.60. The standard InChI is InChI=1S/C13H12FNO.CH4O.CH2O/c14-13-8-12(7-6-10(13)9-16)15-11-4-2-1-3-5-11;2*1-2/h1-8,15-16H,9H2;2H,1H3;1H2. The Labute approximate surface area is 117 Å². The number of para-hydroxylation sites is 1. The van der Waals surface area contributed by atoms with Crippen LogP contribution in [-0.2, 0) is 11.4 Å². The quantitative estimate of drug-likeness (QED) is 0.807. The minimum Gasteiger partial charge on any atom is -0.400 e. The zero-order valence-electron chi connectivity index (χ0n) is 11.2. The number of halogens is 1. The maximum absolute atomic E-state index is 13.4. The highest BCUT2D eigenvalue weighted by molar-refractivity contribution is 5.59. The number of hydrogen-bond donors (Lipinski definition) is 3. The Hall–Kier alpha value is -2.24.